The Labute approximate surface area is 124 Å². The summed E-state index contributed by atoms with van der Waals surface area (Å²) in [5.74, 6) is -0.831. The smallest absolute Gasteiger partial charge is 0.334 e. The number of allylic oxidation sites excluding steroid dienone is 1. The Kier molecular flexibility index (Phi) is 3.27. The molecule has 4 atom stereocenters. The molecule has 3 aliphatic rings. The van der Waals surface area contributed by atoms with Gasteiger partial charge in [-0.05, 0) is 20.3 Å². The first-order valence-corrected chi connectivity index (χ1v) is 7.32. The maximum atomic E-state index is 12.0. The van der Waals surface area contributed by atoms with Gasteiger partial charge in [-0.3, -0.25) is 4.79 Å². The summed E-state index contributed by atoms with van der Waals surface area (Å²) in [7, 11) is 0. The minimum Gasteiger partial charge on any atom is -0.461 e. The molecule has 1 saturated heterocycles. The second kappa shape index (κ2) is 4.86. The van der Waals surface area contributed by atoms with Crippen LogP contribution in [-0.4, -0.2) is 24.1 Å². The lowest BCUT2D eigenvalue weighted by molar-refractivity contribution is -0.150. The fraction of sp³-hybridized carbons (Fsp3) is 0.529. The van der Waals surface area contributed by atoms with Gasteiger partial charge in [-0.25, -0.2) is 4.79 Å². The summed E-state index contributed by atoms with van der Waals surface area (Å²) >= 11 is 0. The molecule has 21 heavy (non-hydrogen) atoms. The van der Waals surface area contributed by atoms with E-state index in [1.807, 2.05) is 0 Å². The fourth-order valence-electron chi connectivity index (χ4n) is 3.90. The molecule has 2 aliphatic carbocycles. The van der Waals surface area contributed by atoms with Gasteiger partial charge in [0.25, 0.3) is 0 Å². The van der Waals surface area contributed by atoms with Crippen molar-refractivity contribution in [1.82, 2.24) is 0 Å². The van der Waals surface area contributed by atoms with E-state index in [0.29, 0.717) is 12.0 Å². The van der Waals surface area contributed by atoms with Gasteiger partial charge < -0.3 is 9.47 Å². The summed E-state index contributed by atoms with van der Waals surface area (Å²) < 4.78 is 11.1. The molecule has 1 heterocycles. The minimum atomic E-state index is -0.364. The van der Waals surface area contributed by atoms with Crippen molar-refractivity contribution in [2.24, 2.45) is 11.8 Å². The Morgan fingerprint density at radius 3 is 2.81 bits per heavy atom. The lowest BCUT2D eigenvalue weighted by Gasteiger charge is -2.27. The molecule has 0 aromatic heterocycles. The van der Waals surface area contributed by atoms with Crippen LogP contribution in [0.4, 0.5) is 0 Å². The summed E-state index contributed by atoms with van der Waals surface area (Å²) in [5.41, 5.74) is 4.20. The predicted octanol–water partition coefficient (Wildman–Crippen LogP) is 2.70. The third kappa shape index (κ3) is 2.13. The highest BCUT2D eigenvalue weighted by atomic mass is 16.6. The predicted molar refractivity (Wildman–Crippen MR) is 77.2 cm³/mol. The fourth-order valence-corrected chi connectivity index (χ4v) is 3.90. The van der Waals surface area contributed by atoms with Crippen LogP contribution in [0.3, 0.4) is 0 Å². The van der Waals surface area contributed by atoms with E-state index >= 15 is 0 Å². The van der Waals surface area contributed by atoms with Crippen molar-refractivity contribution in [3.05, 3.63) is 34.9 Å². The third-order valence-corrected chi connectivity index (χ3v) is 4.87. The zero-order chi connectivity index (χ0) is 15.3. The molecule has 0 radical (unpaired) electrons. The van der Waals surface area contributed by atoms with Gasteiger partial charge in [0.1, 0.15) is 12.2 Å². The van der Waals surface area contributed by atoms with Crippen molar-refractivity contribution in [2.45, 2.75) is 45.8 Å². The maximum Gasteiger partial charge on any atom is 0.334 e. The van der Waals surface area contributed by atoms with Crippen LogP contribution in [0, 0.1) is 11.8 Å². The monoisotopic (exact) mass is 288 g/mol. The van der Waals surface area contributed by atoms with Crippen LogP contribution in [0.1, 0.15) is 33.6 Å². The second-order valence-electron chi connectivity index (χ2n) is 6.21. The van der Waals surface area contributed by atoms with Crippen LogP contribution in [0.15, 0.2) is 34.9 Å². The average molecular weight is 288 g/mol. The Bertz CT molecular complexity index is 596. The molecular formula is C17H20O4. The van der Waals surface area contributed by atoms with Crippen LogP contribution >= 0.6 is 0 Å². The average Bonchev–Trinajstić information content (AvgIpc) is 2.86. The Balaban J connectivity index is 2.05. The molecular weight excluding hydrogens is 268 g/mol. The molecule has 0 aromatic carbocycles. The zero-order valence-electron chi connectivity index (χ0n) is 12.6. The van der Waals surface area contributed by atoms with E-state index in [1.165, 1.54) is 23.6 Å². The SMILES string of the molecule is C=C1C(=O)O[C@@H]2[C@@H]3C(C)=CCC3=C(C)C[C@H](OC(C)=O)[C@@H]12. The van der Waals surface area contributed by atoms with Crippen molar-refractivity contribution in [3.8, 4) is 0 Å². The number of rotatable bonds is 1. The van der Waals surface area contributed by atoms with Crippen molar-refractivity contribution in [3.63, 3.8) is 0 Å². The van der Waals surface area contributed by atoms with Crippen LogP contribution in [0.25, 0.3) is 0 Å². The molecule has 0 N–H and O–H groups in total. The number of fused-ring (bicyclic) bond motifs is 3. The molecule has 4 nitrogen and oxygen atoms in total. The summed E-state index contributed by atoms with van der Waals surface area (Å²) in [6.45, 7) is 9.43. The van der Waals surface area contributed by atoms with Crippen molar-refractivity contribution in [1.29, 1.82) is 0 Å². The number of esters is 2. The second-order valence-corrected chi connectivity index (χ2v) is 6.21. The summed E-state index contributed by atoms with van der Waals surface area (Å²) in [4.78, 5) is 23.4. The van der Waals surface area contributed by atoms with Gasteiger partial charge >= 0.3 is 11.9 Å². The highest BCUT2D eigenvalue weighted by Gasteiger charge is 2.52. The van der Waals surface area contributed by atoms with Gasteiger partial charge in [0.05, 0.1) is 5.92 Å². The molecule has 0 unspecified atom stereocenters. The van der Waals surface area contributed by atoms with Crippen molar-refractivity contribution in [2.75, 3.05) is 0 Å². The minimum absolute atomic E-state index is 0.110. The van der Waals surface area contributed by atoms with Gasteiger partial charge in [0, 0.05) is 24.8 Å². The molecule has 3 rings (SSSR count). The van der Waals surface area contributed by atoms with Gasteiger partial charge in [-0.15, -0.1) is 0 Å². The van der Waals surface area contributed by atoms with Gasteiger partial charge in [-0.2, -0.15) is 0 Å². The van der Waals surface area contributed by atoms with Crippen LogP contribution in [-0.2, 0) is 19.1 Å². The molecule has 112 valence electrons. The Hall–Kier alpha value is -1.84. The topological polar surface area (TPSA) is 52.6 Å². The molecule has 0 spiro atoms. The van der Waals surface area contributed by atoms with Gasteiger partial charge in [-0.1, -0.05) is 29.4 Å². The first-order valence-electron chi connectivity index (χ1n) is 7.32. The number of hydrogen-bond acceptors (Lipinski definition) is 4. The van der Waals surface area contributed by atoms with Crippen molar-refractivity contribution < 1.29 is 19.1 Å². The first kappa shape index (κ1) is 14.1. The van der Waals surface area contributed by atoms with E-state index in [1.54, 1.807) is 0 Å². The first-order chi connectivity index (χ1) is 9.90. The normalized spacial score (nSPS) is 34.9. The van der Waals surface area contributed by atoms with E-state index in [4.69, 9.17) is 9.47 Å². The van der Waals surface area contributed by atoms with E-state index in [9.17, 15) is 9.59 Å². The molecule has 4 heteroatoms. The van der Waals surface area contributed by atoms with E-state index in [2.05, 4.69) is 26.5 Å². The standard InChI is InChI=1S/C17H20O4/c1-8-5-6-12-9(2)7-13(20-11(4)18)15-10(3)17(19)21-16(15)14(8)12/h5,13-16H,3,6-7H2,1-2,4H3/t13-,14+,15+,16+/m0/s1. The summed E-state index contributed by atoms with van der Waals surface area (Å²) in [5, 5.41) is 0. The van der Waals surface area contributed by atoms with Crippen LogP contribution < -0.4 is 0 Å². The maximum absolute atomic E-state index is 12.0. The highest BCUT2D eigenvalue weighted by molar-refractivity contribution is 5.91. The van der Waals surface area contributed by atoms with E-state index < -0.39 is 0 Å². The quantitative estimate of drug-likeness (QED) is 0.423. The number of carbonyl (C=O) groups is 2. The largest absolute Gasteiger partial charge is 0.461 e. The molecule has 0 bridgehead atoms. The third-order valence-electron chi connectivity index (χ3n) is 4.87. The van der Waals surface area contributed by atoms with Gasteiger partial charge in [0.2, 0.25) is 0 Å². The van der Waals surface area contributed by atoms with E-state index in [0.717, 1.165) is 6.42 Å². The molecule has 1 aliphatic heterocycles. The van der Waals surface area contributed by atoms with Gasteiger partial charge in [0.15, 0.2) is 0 Å². The molecule has 0 amide bonds. The number of hydrogen-bond donors (Lipinski definition) is 0. The lowest BCUT2D eigenvalue weighted by atomic mass is 9.82. The summed E-state index contributed by atoms with van der Waals surface area (Å²) in [6.07, 6.45) is 3.07. The van der Waals surface area contributed by atoms with Crippen molar-refractivity contribution >= 4 is 11.9 Å². The number of carbonyl (C=O) groups excluding carboxylic acids is 2. The zero-order valence-corrected chi connectivity index (χ0v) is 12.6. The summed E-state index contributed by atoms with van der Waals surface area (Å²) in [6, 6.07) is 0. The molecule has 1 fully saturated rings. The van der Waals surface area contributed by atoms with Crippen LogP contribution in [0.2, 0.25) is 0 Å². The Morgan fingerprint density at radius 2 is 2.14 bits per heavy atom. The molecule has 0 aromatic rings. The highest BCUT2D eigenvalue weighted by Crippen LogP contribution is 2.48. The molecule has 0 saturated carbocycles. The van der Waals surface area contributed by atoms with E-state index in [-0.39, 0.29) is 36.0 Å². The lowest BCUT2D eigenvalue weighted by Crippen LogP contribution is -2.35. The van der Waals surface area contributed by atoms with Crippen LogP contribution in [0.5, 0.6) is 0 Å². The Morgan fingerprint density at radius 1 is 1.43 bits per heavy atom. The number of ether oxygens (including phenoxy) is 2.